The molecule has 0 aliphatic carbocycles. The van der Waals surface area contributed by atoms with Crippen LogP contribution in [-0.4, -0.2) is 48.2 Å². The number of amides is 1. The highest BCUT2D eigenvalue weighted by atomic mass is 16.5. The van der Waals surface area contributed by atoms with Gasteiger partial charge in [-0.15, -0.1) is 0 Å². The first-order valence-electron chi connectivity index (χ1n) is 9.37. The van der Waals surface area contributed by atoms with Crippen LogP contribution in [0.1, 0.15) is 29.1 Å². The molecule has 2 aromatic carbocycles. The van der Waals surface area contributed by atoms with Crippen molar-refractivity contribution in [2.24, 2.45) is 0 Å². The highest BCUT2D eigenvalue weighted by Gasteiger charge is 2.24. The lowest BCUT2D eigenvalue weighted by molar-refractivity contribution is 0.0731. The molecule has 1 heterocycles. The molecular weight excluding hydrogens is 370 g/mol. The zero-order valence-electron chi connectivity index (χ0n) is 17.1. The molecule has 1 unspecified atom stereocenters. The number of carbonyl (C=O) groups is 1. The second-order valence-electron chi connectivity index (χ2n) is 6.76. The van der Waals surface area contributed by atoms with Crippen molar-refractivity contribution in [3.8, 4) is 5.75 Å². The Morgan fingerprint density at radius 3 is 2.66 bits per heavy atom. The van der Waals surface area contributed by atoms with Crippen molar-refractivity contribution in [3.63, 3.8) is 0 Å². The molecule has 0 saturated heterocycles. The summed E-state index contributed by atoms with van der Waals surface area (Å²) in [4.78, 5) is 32.4. The predicted octanol–water partition coefficient (Wildman–Crippen LogP) is 2.88. The van der Waals surface area contributed by atoms with E-state index in [1.807, 2.05) is 19.1 Å². The first-order valence-corrected chi connectivity index (χ1v) is 9.37. The van der Waals surface area contributed by atoms with E-state index in [1.165, 1.54) is 0 Å². The summed E-state index contributed by atoms with van der Waals surface area (Å²) in [6.45, 7) is 2.58. The van der Waals surface area contributed by atoms with Crippen LogP contribution in [0.5, 0.6) is 5.75 Å². The van der Waals surface area contributed by atoms with Crippen LogP contribution in [0.25, 0.3) is 10.9 Å². The fraction of sp³-hybridized carbons (Fsp3) is 0.318. The number of para-hydroxylation sites is 1. The van der Waals surface area contributed by atoms with Gasteiger partial charge >= 0.3 is 0 Å². The number of nitrogens with zero attached hydrogens (tertiary/aromatic N) is 3. The SMILES string of the molecule is COCCn1c(C(C)N(C)C(=O)c2cccc(OC)c2)nc2ccccc2c1=O. The van der Waals surface area contributed by atoms with Crippen molar-refractivity contribution in [2.45, 2.75) is 19.5 Å². The highest BCUT2D eigenvalue weighted by molar-refractivity contribution is 5.94. The van der Waals surface area contributed by atoms with Crippen molar-refractivity contribution in [1.29, 1.82) is 0 Å². The molecule has 0 fully saturated rings. The second-order valence-corrected chi connectivity index (χ2v) is 6.76. The summed E-state index contributed by atoms with van der Waals surface area (Å²) in [5, 5.41) is 0.543. The van der Waals surface area contributed by atoms with Gasteiger partial charge in [0, 0.05) is 19.7 Å². The van der Waals surface area contributed by atoms with Crippen molar-refractivity contribution in [2.75, 3.05) is 27.9 Å². The number of hydrogen-bond donors (Lipinski definition) is 0. The third-order valence-electron chi connectivity index (χ3n) is 5.00. The van der Waals surface area contributed by atoms with E-state index in [0.717, 1.165) is 0 Å². The first kappa shape index (κ1) is 20.5. The van der Waals surface area contributed by atoms with Crippen molar-refractivity contribution in [1.82, 2.24) is 14.5 Å². The van der Waals surface area contributed by atoms with E-state index in [4.69, 9.17) is 14.5 Å². The zero-order valence-corrected chi connectivity index (χ0v) is 17.1. The summed E-state index contributed by atoms with van der Waals surface area (Å²) in [5.41, 5.74) is 0.970. The molecule has 0 radical (unpaired) electrons. The Bertz CT molecular complexity index is 1080. The molecule has 1 aromatic heterocycles. The number of hydrogen-bond acceptors (Lipinski definition) is 5. The monoisotopic (exact) mass is 395 g/mol. The van der Waals surface area contributed by atoms with E-state index >= 15 is 0 Å². The quantitative estimate of drug-likeness (QED) is 0.615. The summed E-state index contributed by atoms with van der Waals surface area (Å²) in [5.74, 6) is 0.944. The molecule has 3 aromatic rings. The zero-order chi connectivity index (χ0) is 21.0. The molecule has 0 bridgehead atoms. The van der Waals surface area contributed by atoms with Crippen LogP contribution in [0.4, 0.5) is 0 Å². The molecule has 7 heteroatoms. The van der Waals surface area contributed by atoms with Gasteiger partial charge in [0.05, 0.1) is 37.2 Å². The summed E-state index contributed by atoms with van der Waals surface area (Å²) < 4.78 is 12.0. The van der Waals surface area contributed by atoms with Gasteiger partial charge < -0.3 is 14.4 Å². The largest absolute Gasteiger partial charge is 0.497 e. The van der Waals surface area contributed by atoms with Gasteiger partial charge in [-0.1, -0.05) is 18.2 Å². The molecule has 1 amide bonds. The van der Waals surface area contributed by atoms with Gasteiger partial charge in [0.15, 0.2) is 0 Å². The third kappa shape index (κ3) is 4.14. The van der Waals surface area contributed by atoms with E-state index < -0.39 is 6.04 Å². The Morgan fingerprint density at radius 2 is 1.93 bits per heavy atom. The van der Waals surface area contributed by atoms with Gasteiger partial charge in [-0.05, 0) is 37.3 Å². The molecule has 0 saturated carbocycles. The maximum atomic E-state index is 13.1. The Hall–Kier alpha value is -3.19. The Morgan fingerprint density at radius 1 is 1.17 bits per heavy atom. The number of benzene rings is 2. The maximum absolute atomic E-state index is 13.1. The number of carbonyl (C=O) groups excluding carboxylic acids is 1. The molecule has 0 aliphatic heterocycles. The summed E-state index contributed by atoms with van der Waals surface area (Å²) in [6, 6.07) is 13.8. The van der Waals surface area contributed by atoms with Crippen molar-refractivity contribution >= 4 is 16.8 Å². The molecule has 29 heavy (non-hydrogen) atoms. The van der Waals surface area contributed by atoms with Crippen LogP contribution >= 0.6 is 0 Å². The fourth-order valence-corrected chi connectivity index (χ4v) is 3.21. The number of rotatable bonds is 7. The summed E-state index contributed by atoms with van der Waals surface area (Å²) >= 11 is 0. The normalized spacial score (nSPS) is 12.0. The third-order valence-corrected chi connectivity index (χ3v) is 5.00. The van der Waals surface area contributed by atoms with E-state index in [9.17, 15) is 9.59 Å². The molecule has 152 valence electrons. The average Bonchev–Trinajstić information content (AvgIpc) is 2.76. The molecule has 0 N–H and O–H groups in total. The standard InChI is InChI=1S/C22H25N3O4/c1-15(24(2)21(26)16-8-7-9-17(14-16)29-4)20-23-19-11-6-5-10-18(19)22(27)25(20)12-13-28-3/h5-11,14-15H,12-13H2,1-4H3. The summed E-state index contributed by atoms with van der Waals surface area (Å²) in [6.07, 6.45) is 0. The molecule has 7 nitrogen and oxygen atoms in total. The lowest BCUT2D eigenvalue weighted by Gasteiger charge is -2.27. The van der Waals surface area contributed by atoms with Gasteiger partial charge in [0.2, 0.25) is 0 Å². The Kier molecular flexibility index (Phi) is 6.29. The van der Waals surface area contributed by atoms with Gasteiger partial charge in [-0.25, -0.2) is 4.98 Å². The van der Waals surface area contributed by atoms with Crippen LogP contribution in [0.15, 0.2) is 53.3 Å². The van der Waals surface area contributed by atoms with Crippen molar-refractivity contribution in [3.05, 3.63) is 70.3 Å². The van der Waals surface area contributed by atoms with E-state index in [0.29, 0.717) is 41.2 Å². The van der Waals surface area contributed by atoms with Crippen LogP contribution in [0.2, 0.25) is 0 Å². The first-order chi connectivity index (χ1) is 14.0. The van der Waals surface area contributed by atoms with Crippen LogP contribution in [-0.2, 0) is 11.3 Å². The molecule has 1 atom stereocenters. The van der Waals surface area contributed by atoms with Crippen LogP contribution in [0.3, 0.4) is 0 Å². The smallest absolute Gasteiger partial charge is 0.261 e. The predicted molar refractivity (Wildman–Crippen MR) is 111 cm³/mol. The minimum Gasteiger partial charge on any atom is -0.497 e. The van der Waals surface area contributed by atoms with Gasteiger partial charge in [0.25, 0.3) is 11.5 Å². The molecule has 0 spiro atoms. The topological polar surface area (TPSA) is 73.7 Å². The van der Waals surface area contributed by atoms with E-state index in [1.54, 1.807) is 67.1 Å². The summed E-state index contributed by atoms with van der Waals surface area (Å²) in [7, 11) is 4.85. The number of aromatic nitrogens is 2. The Balaban J connectivity index is 2.03. The van der Waals surface area contributed by atoms with E-state index in [2.05, 4.69) is 0 Å². The van der Waals surface area contributed by atoms with Gasteiger partial charge in [0.1, 0.15) is 11.6 Å². The minimum absolute atomic E-state index is 0.142. The second kappa shape index (κ2) is 8.87. The minimum atomic E-state index is -0.428. The van der Waals surface area contributed by atoms with Crippen molar-refractivity contribution < 1.29 is 14.3 Å². The lowest BCUT2D eigenvalue weighted by atomic mass is 10.1. The highest BCUT2D eigenvalue weighted by Crippen LogP contribution is 2.22. The van der Waals surface area contributed by atoms with Crippen LogP contribution < -0.4 is 10.3 Å². The number of ether oxygens (including phenoxy) is 2. The van der Waals surface area contributed by atoms with E-state index in [-0.39, 0.29) is 11.5 Å². The average molecular weight is 395 g/mol. The Labute approximate surface area is 169 Å². The fourth-order valence-electron chi connectivity index (χ4n) is 3.21. The molecule has 0 aliphatic rings. The maximum Gasteiger partial charge on any atom is 0.261 e. The van der Waals surface area contributed by atoms with Crippen LogP contribution in [0, 0.1) is 0 Å². The molecule has 3 rings (SSSR count). The molecular formula is C22H25N3O4. The van der Waals surface area contributed by atoms with Gasteiger partial charge in [-0.3, -0.25) is 14.2 Å². The lowest BCUT2D eigenvalue weighted by Crippen LogP contribution is -2.36. The number of fused-ring (bicyclic) bond motifs is 1. The van der Waals surface area contributed by atoms with Gasteiger partial charge in [-0.2, -0.15) is 0 Å². The number of methoxy groups -OCH3 is 2.